The zero-order valence-electron chi connectivity index (χ0n) is 10.9. The molecule has 2 N–H and O–H groups in total. The lowest BCUT2D eigenvalue weighted by molar-refractivity contribution is -0.137. The summed E-state index contributed by atoms with van der Waals surface area (Å²) in [4.78, 5) is 13.9. The van der Waals surface area contributed by atoms with Gasteiger partial charge in [0.05, 0.1) is 18.6 Å². The Morgan fingerprint density at radius 1 is 1.59 bits per heavy atom. The van der Waals surface area contributed by atoms with Gasteiger partial charge in [-0.1, -0.05) is 0 Å². The van der Waals surface area contributed by atoms with E-state index in [1.165, 1.54) is 0 Å². The van der Waals surface area contributed by atoms with E-state index in [-0.39, 0.29) is 18.1 Å². The third-order valence-electron chi connectivity index (χ3n) is 3.13. The van der Waals surface area contributed by atoms with Crippen LogP contribution in [0.25, 0.3) is 0 Å². The van der Waals surface area contributed by atoms with E-state index in [1.807, 2.05) is 11.8 Å². The average molecular weight is 244 g/mol. The Labute approximate surface area is 103 Å². The summed E-state index contributed by atoms with van der Waals surface area (Å²) in [6.45, 7) is 4.59. The topological polar surface area (TPSA) is 64.8 Å². The molecule has 1 fully saturated rings. The molecule has 0 aromatic heterocycles. The quantitative estimate of drug-likeness (QED) is 0.733. The number of rotatable bonds is 6. The highest BCUT2D eigenvalue weighted by Crippen LogP contribution is 2.14. The lowest BCUT2D eigenvalue weighted by Crippen LogP contribution is -2.44. The standard InChI is InChI=1S/C12H24N2O3/c1-3-17-10-5-4-6-14(9-10)12(15)7-11(8-13)16-2/h10-11H,3-9,13H2,1-2H3. The number of piperidine rings is 1. The Kier molecular flexibility index (Phi) is 6.47. The Morgan fingerprint density at radius 3 is 2.94 bits per heavy atom. The zero-order chi connectivity index (χ0) is 12.7. The van der Waals surface area contributed by atoms with Crippen molar-refractivity contribution in [2.45, 2.75) is 38.4 Å². The molecule has 1 amide bonds. The smallest absolute Gasteiger partial charge is 0.225 e. The van der Waals surface area contributed by atoms with Gasteiger partial charge in [0.15, 0.2) is 0 Å². The van der Waals surface area contributed by atoms with Crippen LogP contribution in [-0.4, -0.2) is 56.4 Å². The van der Waals surface area contributed by atoms with Crippen LogP contribution in [-0.2, 0) is 14.3 Å². The molecule has 2 unspecified atom stereocenters. The van der Waals surface area contributed by atoms with Crippen molar-refractivity contribution in [3.05, 3.63) is 0 Å². The van der Waals surface area contributed by atoms with E-state index in [2.05, 4.69) is 0 Å². The Morgan fingerprint density at radius 2 is 2.35 bits per heavy atom. The number of amides is 1. The monoisotopic (exact) mass is 244 g/mol. The van der Waals surface area contributed by atoms with Crippen molar-refractivity contribution >= 4 is 5.91 Å². The van der Waals surface area contributed by atoms with E-state index < -0.39 is 0 Å². The van der Waals surface area contributed by atoms with Crippen molar-refractivity contribution in [1.29, 1.82) is 0 Å². The summed E-state index contributed by atoms with van der Waals surface area (Å²) in [7, 11) is 1.59. The molecule has 1 rings (SSSR count). The molecule has 0 saturated carbocycles. The maximum Gasteiger partial charge on any atom is 0.225 e. The molecule has 100 valence electrons. The molecule has 0 aromatic rings. The van der Waals surface area contributed by atoms with Gasteiger partial charge in [0.25, 0.3) is 0 Å². The summed E-state index contributed by atoms with van der Waals surface area (Å²) in [6.07, 6.45) is 2.44. The fraction of sp³-hybridized carbons (Fsp3) is 0.917. The molecule has 5 heteroatoms. The molecule has 1 saturated heterocycles. The van der Waals surface area contributed by atoms with Gasteiger partial charge in [0.1, 0.15) is 0 Å². The minimum atomic E-state index is -0.171. The first-order valence-electron chi connectivity index (χ1n) is 6.33. The van der Waals surface area contributed by atoms with Gasteiger partial charge in [-0.05, 0) is 19.8 Å². The number of nitrogens with two attached hydrogens (primary N) is 1. The highest BCUT2D eigenvalue weighted by molar-refractivity contribution is 5.76. The molecular weight excluding hydrogens is 220 g/mol. The van der Waals surface area contributed by atoms with Crippen molar-refractivity contribution < 1.29 is 14.3 Å². The van der Waals surface area contributed by atoms with Crippen molar-refractivity contribution in [3.8, 4) is 0 Å². The summed E-state index contributed by atoms with van der Waals surface area (Å²) in [5.74, 6) is 0.117. The first kappa shape index (κ1) is 14.4. The van der Waals surface area contributed by atoms with E-state index in [4.69, 9.17) is 15.2 Å². The predicted molar refractivity (Wildman–Crippen MR) is 65.7 cm³/mol. The second-order valence-electron chi connectivity index (χ2n) is 4.36. The summed E-state index contributed by atoms with van der Waals surface area (Å²) in [5.41, 5.74) is 5.52. The Balaban J connectivity index is 2.40. The number of ether oxygens (including phenoxy) is 2. The Bertz CT molecular complexity index is 230. The van der Waals surface area contributed by atoms with Crippen LogP contribution in [0.5, 0.6) is 0 Å². The van der Waals surface area contributed by atoms with E-state index in [0.717, 1.165) is 19.4 Å². The van der Waals surface area contributed by atoms with Crippen LogP contribution in [0.15, 0.2) is 0 Å². The van der Waals surface area contributed by atoms with Crippen LogP contribution in [0, 0.1) is 0 Å². The number of nitrogens with zero attached hydrogens (tertiary/aromatic N) is 1. The predicted octanol–water partition coefficient (Wildman–Crippen LogP) is 0.378. The van der Waals surface area contributed by atoms with Crippen molar-refractivity contribution in [1.82, 2.24) is 4.90 Å². The fourth-order valence-corrected chi connectivity index (χ4v) is 2.12. The van der Waals surface area contributed by atoms with Gasteiger partial charge < -0.3 is 20.1 Å². The minimum absolute atomic E-state index is 0.117. The SMILES string of the molecule is CCOC1CCCN(C(=O)CC(CN)OC)C1. The van der Waals surface area contributed by atoms with Crippen molar-refractivity contribution in [2.75, 3.05) is 33.4 Å². The van der Waals surface area contributed by atoms with E-state index in [9.17, 15) is 4.79 Å². The Hall–Kier alpha value is -0.650. The van der Waals surface area contributed by atoms with Gasteiger partial charge in [0.2, 0.25) is 5.91 Å². The molecule has 1 aliphatic heterocycles. The van der Waals surface area contributed by atoms with Crippen molar-refractivity contribution in [3.63, 3.8) is 0 Å². The second-order valence-corrected chi connectivity index (χ2v) is 4.36. The molecule has 0 bridgehead atoms. The molecule has 0 spiro atoms. The molecule has 0 aromatic carbocycles. The molecule has 1 aliphatic rings. The van der Waals surface area contributed by atoms with Gasteiger partial charge in [-0.25, -0.2) is 0 Å². The number of carbonyl (C=O) groups is 1. The fourth-order valence-electron chi connectivity index (χ4n) is 2.12. The highest BCUT2D eigenvalue weighted by atomic mass is 16.5. The summed E-state index contributed by atoms with van der Waals surface area (Å²) in [5, 5.41) is 0. The van der Waals surface area contributed by atoms with Gasteiger partial charge in [-0.3, -0.25) is 4.79 Å². The molecule has 0 aliphatic carbocycles. The van der Waals surface area contributed by atoms with E-state index >= 15 is 0 Å². The molecule has 1 heterocycles. The number of hydrogen-bond donors (Lipinski definition) is 1. The molecule has 5 nitrogen and oxygen atoms in total. The van der Waals surface area contributed by atoms with Crippen LogP contribution >= 0.6 is 0 Å². The van der Waals surface area contributed by atoms with Crippen LogP contribution in [0.4, 0.5) is 0 Å². The number of hydrogen-bond acceptors (Lipinski definition) is 4. The molecule has 0 radical (unpaired) electrons. The maximum atomic E-state index is 12.0. The molecule has 2 atom stereocenters. The zero-order valence-corrected chi connectivity index (χ0v) is 10.9. The van der Waals surface area contributed by atoms with Crippen LogP contribution in [0.3, 0.4) is 0 Å². The first-order valence-corrected chi connectivity index (χ1v) is 6.33. The molecule has 17 heavy (non-hydrogen) atoms. The number of methoxy groups -OCH3 is 1. The van der Waals surface area contributed by atoms with Crippen LogP contribution in [0.1, 0.15) is 26.2 Å². The second kappa shape index (κ2) is 7.63. The minimum Gasteiger partial charge on any atom is -0.380 e. The van der Waals surface area contributed by atoms with E-state index in [0.29, 0.717) is 26.1 Å². The third-order valence-corrected chi connectivity index (χ3v) is 3.13. The number of carbonyl (C=O) groups excluding carboxylic acids is 1. The lowest BCUT2D eigenvalue weighted by atomic mass is 10.1. The number of likely N-dealkylation sites (tertiary alicyclic amines) is 1. The average Bonchev–Trinajstić information content (AvgIpc) is 2.36. The maximum absolute atomic E-state index is 12.0. The summed E-state index contributed by atoms with van der Waals surface area (Å²) >= 11 is 0. The summed E-state index contributed by atoms with van der Waals surface area (Å²) < 4.78 is 10.7. The normalized spacial score (nSPS) is 22.5. The summed E-state index contributed by atoms with van der Waals surface area (Å²) in [6, 6.07) is 0. The van der Waals surface area contributed by atoms with Crippen LogP contribution in [0.2, 0.25) is 0 Å². The van der Waals surface area contributed by atoms with Crippen molar-refractivity contribution in [2.24, 2.45) is 5.73 Å². The van der Waals surface area contributed by atoms with Crippen LogP contribution < -0.4 is 5.73 Å². The third kappa shape index (κ3) is 4.61. The van der Waals surface area contributed by atoms with E-state index in [1.54, 1.807) is 7.11 Å². The van der Waals surface area contributed by atoms with Gasteiger partial charge in [-0.15, -0.1) is 0 Å². The first-order chi connectivity index (χ1) is 8.21. The van der Waals surface area contributed by atoms with Gasteiger partial charge >= 0.3 is 0 Å². The molecular formula is C12H24N2O3. The van der Waals surface area contributed by atoms with Gasteiger partial charge in [0, 0.05) is 33.4 Å². The lowest BCUT2D eigenvalue weighted by Gasteiger charge is -2.33. The highest BCUT2D eigenvalue weighted by Gasteiger charge is 2.25. The largest absolute Gasteiger partial charge is 0.380 e. The van der Waals surface area contributed by atoms with Gasteiger partial charge in [-0.2, -0.15) is 0 Å².